The Hall–Kier alpha value is -7.11. The van der Waals surface area contributed by atoms with Gasteiger partial charge in [0.25, 0.3) is 5.56 Å². The molecule has 332 valence electrons. The van der Waals surface area contributed by atoms with Crippen molar-refractivity contribution in [2.75, 3.05) is 11.9 Å². The summed E-state index contributed by atoms with van der Waals surface area (Å²) in [5.74, 6) is -2.95. The number of para-hydroxylation sites is 1. The number of benzene rings is 2. The van der Waals surface area contributed by atoms with Gasteiger partial charge in [0.05, 0.1) is 29.0 Å². The number of ether oxygens (including phenoxy) is 3. The molecule has 2 aromatic heterocycles. The quantitative estimate of drug-likeness (QED) is 0.0364. The normalized spacial score (nSPS) is 15.8. The van der Waals surface area contributed by atoms with E-state index in [9.17, 15) is 33.6 Å². The third kappa shape index (κ3) is 10.3. The first-order valence-corrected chi connectivity index (χ1v) is 20.9. The maximum Gasteiger partial charge on any atom is 0.510 e. The lowest BCUT2D eigenvalue weighted by atomic mass is 9.85. The van der Waals surface area contributed by atoms with Crippen molar-refractivity contribution in [2.45, 2.75) is 104 Å². The molecule has 3 amide bonds. The molecule has 4 aromatic rings. The molecule has 0 radical (unpaired) electrons. The number of rotatable bonds is 18. The van der Waals surface area contributed by atoms with Crippen molar-refractivity contribution in [3.05, 3.63) is 93.3 Å². The van der Waals surface area contributed by atoms with Gasteiger partial charge in [0.2, 0.25) is 23.3 Å². The van der Waals surface area contributed by atoms with Gasteiger partial charge in [0, 0.05) is 48.0 Å². The van der Waals surface area contributed by atoms with Gasteiger partial charge in [0.1, 0.15) is 31.1 Å². The van der Waals surface area contributed by atoms with Gasteiger partial charge >= 0.3 is 12.1 Å². The number of hydrogen-bond donors (Lipinski definition) is 5. The van der Waals surface area contributed by atoms with E-state index in [-0.39, 0.29) is 86.3 Å². The highest BCUT2D eigenvalue weighted by atomic mass is 16.7. The molecule has 4 heterocycles. The van der Waals surface area contributed by atoms with E-state index in [2.05, 4.69) is 20.9 Å². The topological polar surface area (TPSA) is 265 Å². The van der Waals surface area contributed by atoms with Crippen LogP contribution >= 0.6 is 0 Å². The monoisotopic (exact) mass is 864 g/mol. The average Bonchev–Trinajstić information content (AvgIpc) is 3.62. The van der Waals surface area contributed by atoms with Crippen LogP contribution in [0.4, 0.5) is 10.5 Å². The molecule has 0 fully saturated rings. The van der Waals surface area contributed by atoms with Crippen LogP contribution in [0.1, 0.15) is 88.5 Å². The summed E-state index contributed by atoms with van der Waals surface area (Å²) in [5.41, 5.74) is 12.5. The number of amides is 3. The molecule has 0 spiro atoms. The molecule has 0 saturated carbocycles. The number of ketones is 1. The number of cyclic esters (lactones) is 1. The summed E-state index contributed by atoms with van der Waals surface area (Å²) in [5, 5.41) is 9.12. The van der Waals surface area contributed by atoms with Crippen LogP contribution in [0.5, 0.6) is 0 Å². The number of carbonyl (C=O) groups is 6. The number of nitrogens with zero attached hydrogens (tertiary/aromatic N) is 3. The molecule has 7 N–H and O–H groups in total. The van der Waals surface area contributed by atoms with E-state index in [1.165, 1.54) is 0 Å². The van der Waals surface area contributed by atoms with Crippen LogP contribution in [0.2, 0.25) is 0 Å². The Balaban J connectivity index is 1.11. The summed E-state index contributed by atoms with van der Waals surface area (Å²) < 4.78 is 18.2. The molecule has 2 aliphatic rings. The van der Waals surface area contributed by atoms with Crippen molar-refractivity contribution in [1.29, 1.82) is 0 Å². The minimum Gasteiger partial charge on any atom is -0.457 e. The summed E-state index contributed by atoms with van der Waals surface area (Å²) in [6.45, 7) is 6.77. The zero-order valence-electron chi connectivity index (χ0n) is 35.7. The second-order valence-corrected chi connectivity index (χ2v) is 15.8. The largest absolute Gasteiger partial charge is 0.510 e. The fourth-order valence-electron chi connectivity index (χ4n) is 7.55. The molecule has 18 heteroatoms. The Labute approximate surface area is 363 Å². The van der Waals surface area contributed by atoms with Crippen molar-refractivity contribution >= 4 is 58.2 Å². The highest BCUT2D eigenvalue weighted by molar-refractivity contribution is 5.98. The van der Waals surface area contributed by atoms with E-state index in [1.807, 2.05) is 30.3 Å². The SMILES string of the molecule is CCC(=O)CCC(=O)N[C@H](C(=O)N[C@@H](CCCN=C(N)N)C(=O)Nc1ccc(COC(=O)O[C@]2(CC)C(=O)OCc3c2cc2n(c3=O)Cc3cc4ccccc4nc3-2)cc1)C(C)C. The molecule has 0 aliphatic carbocycles. The fourth-order valence-corrected chi connectivity index (χ4v) is 7.55. The predicted octanol–water partition coefficient (Wildman–Crippen LogP) is 3.82. The zero-order valence-corrected chi connectivity index (χ0v) is 35.7. The number of nitrogens with one attached hydrogen (secondary N) is 3. The van der Waals surface area contributed by atoms with Gasteiger partial charge < -0.3 is 46.2 Å². The fraction of sp³-hybridized carbons (Fsp3) is 0.400. The third-order valence-corrected chi connectivity index (χ3v) is 11.1. The van der Waals surface area contributed by atoms with Crippen LogP contribution in [0.3, 0.4) is 0 Å². The number of aromatic nitrogens is 2. The van der Waals surface area contributed by atoms with Crippen molar-refractivity contribution in [2.24, 2.45) is 22.4 Å². The molecule has 0 saturated heterocycles. The molecule has 63 heavy (non-hydrogen) atoms. The van der Waals surface area contributed by atoms with Crippen molar-refractivity contribution in [3.63, 3.8) is 0 Å². The Morgan fingerprint density at radius 1 is 0.968 bits per heavy atom. The van der Waals surface area contributed by atoms with Gasteiger partial charge in [-0.1, -0.05) is 58.0 Å². The number of nitrogens with two attached hydrogens (primary N) is 2. The first-order chi connectivity index (χ1) is 30.1. The molecule has 6 rings (SSSR count). The zero-order chi connectivity index (χ0) is 45.4. The molecule has 0 unspecified atom stereocenters. The van der Waals surface area contributed by atoms with Gasteiger partial charge in [-0.2, -0.15) is 0 Å². The van der Waals surface area contributed by atoms with Gasteiger partial charge in [0.15, 0.2) is 5.96 Å². The molecule has 18 nitrogen and oxygen atoms in total. The predicted molar refractivity (Wildman–Crippen MR) is 232 cm³/mol. The van der Waals surface area contributed by atoms with Crippen LogP contribution in [-0.4, -0.2) is 69.8 Å². The van der Waals surface area contributed by atoms with Crippen LogP contribution < -0.4 is 33.0 Å². The third-order valence-electron chi connectivity index (χ3n) is 11.1. The van der Waals surface area contributed by atoms with Crippen molar-refractivity contribution < 1.29 is 43.0 Å². The number of esters is 1. The standard InChI is InChI=1S/C45H52N8O10/c1-5-30(54)17-18-36(55)52-37(25(3)4)40(57)51-34(12-9-19-48-43(46)47)39(56)49-29-15-13-26(14-16-29)23-62-44(60)63-45(6-2)32-21-35-38-28(20-27-10-7-8-11-33(27)50-38)22-53(35)41(58)31(32)24-61-42(45)59/h7-8,10-11,13-16,20-21,25,34,37H,5-6,9,12,17-19,22-24H2,1-4H3,(H,49,56)(H,51,57)(H,52,55)(H4,46,47,48)/t34-,37-,45-/m0/s1. The highest BCUT2D eigenvalue weighted by Gasteiger charge is 2.51. The molecule has 0 bridgehead atoms. The Morgan fingerprint density at radius 3 is 2.41 bits per heavy atom. The van der Waals surface area contributed by atoms with E-state index in [0.29, 0.717) is 35.5 Å². The van der Waals surface area contributed by atoms with E-state index in [4.69, 9.17) is 30.7 Å². The number of aliphatic imine (C=N–C) groups is 1. The molecular formula is C45H52N8O10. The summed E-state index contributed by atoms with van der Waals surface area (Å²) in [6.07, 6.45) is -0.430. The van der Waals surface area contributed by atoms with Gasteiger partial charge in [-0.05, 0) is 61.1 Å². The number of guanidine groups is 1. The number of fused-ring (bicyclic) bond motifs is 5. The van der Waals surface area contributed by atoms with Gasteiger partial charge in [-0.25, -0.2) is 14.6 Å². The number of Topliss-reactive ketones (excluding diaryl/α,β-unsaturated/α-hetero) is 1. The Kier molecular flexibility index (Phi) is 14.2. The second-order valence-electron chi connectivity index (χ2n) is 15.8. The number of hydrogen-bond acceptors (Lipinski definition) is 12. The minimum absolute atomic E-state index is 0.0487. The Bertz CT molecular complexity index is 2510. The van der Waals surface area contributed by atoms with Gasteiger partial charge in [-0.3, -0.25) is 29.0 Å². The van der Waals surface area contributed by atoms with E-state index >= 15 is 0 Å². The molecule has 2 aromatic carbocycles. The van der Waals surface area contributed by atoms with E-state index in [1.54, 1.807) is 62.6 Å². The summed E-state index contributed by atoms with van der Waals surface area (Å²) >= 11 is 0. The van der Waals surface area contributed by atoms with Crippen LogP contribution in [0, 0.1) is 5.92 Å². The lowest BCUT2D eigenvalue weighted by molar-refractivity contribution is -0.175. The van der Waals surface area contributed by atoms with Crippen molar-refractivity contribution in [1.82, 2.24) is 20.2 Å². The number of pyridine rings is 2. The smallest absolute Gasteiger partial charge is 0.457 e. The average molecular weight is 865 g/mol. The van der Waals surface area contributed by atoms with Crippen LogP contribution in [0.25, 0.3) is 22.3 Å². The highest BCUT2D eigenvalue weighted by Crippen LogP contribution is 2.41. The number of anilines is 1. The minimum atomic E-state index is -1.96. The van der Waals surface area contributed by atoms with E-state index in [0.717, 1.165) is 16.5 Å². The second kappa shape index (κ2) is 19.7. The van der Waals surface area contributed by atoms with E-state index < -0.39 is 47.5 Å². The Morgan fingerprint density at radius 2 is 1.71 bits per heavy atom. The maximum atomic E-state index is 13.9. The van der Waals surface area contributed by atoms with Crippen molar-refractivity contribution in [3.8, 4) is 11.4 Å². The van der Waals surface area contributed by atoms with Crippen LogP contribution in [-0.2, 0) is 63.5 Å². The first-order valence-electron chi connectivity index (χ1n) is 20.9. The maximum absolute atomic E-state index is 13.9. The summed E-state index contributed by atoms with van der Waals surface area (Å²) in [7, 11) is 0. The number of carbonyl (C=O) groups excluding carboxylic acids is 6. The first kappa shape index (κ1) is 45.4. The van der Waals surface area contributed by atoms with Gasteiger partial charge in [-0.15, -0.1) is 0 Å². The lowest BCUT2D eigenvalue weighted by Crippen LogP contribution is -2.54. The summed E-state index contributed by atoms with van der Waals surface area (Å²) in [6, 6.07) is 15.6. The molecular weight excluding hydrogens is 813 g/mol. The van der Waals surface area contributed by atoms with Crippen LogP contribution in [0.15, 0.2) is 70.5 Å². The molecule has 3 atom stereocenters. The lowest BCUT2D eigenvalue weighted by Gasteiger charge is -2.35. The summed E-state index contributed by atoms with van der Waals surface area (Å²) in [4.78, 5) is 101. The molecule has 2 aliphatic heterocycles.